The number of thioether (sulfide) groups is 1. The van der Waals surface area contributed by atoms with E-state index in [1.54, 1.807) is 0 Å². The zero-order valence-corrected chi connectivity index (χ0v) is 16.6. The molecule has 6 nitrogen and oxygen atoms in total. The van der Waals surface area contributed by atoms with Gasteiger partial charge in [0.2, 0.25) is 0 Å². The minimum Gasteiger partial charge on any atom is -0.377 e. The lowest BCUT2D eigenvalue weighted by Crippen LogP contribution is -2.50. The third kappa shape index (κ3) is 4.13. The predicted molar refractivity (Wildman–Crippen MR) is 104 cm³/mol. The van der Waals surface area contributed by atoms with Gasteiger partial charge >= 0.3 is 0 Å². The Balaban J connectivity index is 1.46. The summed E-state index contributed by atoms with van der Waals surface area (Å²) >= 11 is 1.45. The average molecular weight is 387 g/mol. The Hall–Kier alpha value is -1.62. The lowest BCUT2D eigenvalue weighted by atomic mass is 10.1. The number of ether oxygens (including phenoxy) is 1. The normalized spacial score (nSPS) is 23.4. The van der Waals surface area contributed by atoms with Crippen LogP contribution in [0.3, 0.4) is 0 Å². The molecule has 1 aromatic rings. The summed E-state index contributed by atoms with van der Waals surface area (Å²) in [6.45, 7) is 4.97. The minimum absolute atomic E-state index is 0.0251. The molecule has 1 amide bonds. The van der Waals surface area contributed by atoms with Crippen LogP contribution in [-0.2, 0) is 4.74 Å². The molecule has 2 saturated heterocycles. The standard InChI is InChI=1S/C20H26N4O2S/c1-27-19-17(12-21)16(11-18(22-19)14-4-5-14)20(25)24-8-6-23(7-9-24)13-15-3-2-10-26-15/h11,14-15H,2-10,13H2,1H3. The van der Waals surface area contributed by atoms with Gasteiger partial charge in [-0.2, -0.15) is 5.26 Å². The van der Waals surface area contributed by atoms with Crippen molar-refractivity contribution >= 4 is 17.7 Å². The van der Waals surface area contributed by atoms with Crippen LogP contribution in [0.1, 0.15) is 53.2 Å². The number of carbonyl (C=O) groups excluding carboxylic acids is 1. The van der Waals surface area contributed by atoms with E-state index in [0.717, 1.165) is 57.6 Å². The van der Waals surface area contributed by atoms with Gasteiger partial charge in [-0.15, -0.1) is 11.8 Å². The SMILES string of the molecule is CSc1nc(C2CC2)cc(C(=O)N2CCN(CC3CCCO3)CC2)c1C#N. The fourth-order valence-electron chi connectivity index (χ4n) is 3.93. The summed E-state index contributed by atoms with van der Waals surface area (Å²) in [5.41, 5.74) is 1.93. The molecule has 3 heterocycles. The first-order chi connectivity index (χ1) is 13.2. The van der Waals surface area contributed by atoms with Crippen LogP contribution in [0.25, 0.3) is 0 Å². The second-order valence-electron chi connectivity index (χ2n) is 7.59. The summed E-state index contributed by atoms with van der Waals surface area (Å²) in [6, 6.07) is 4.09. The fourth-order valence-corrected chi connectivity index (χ4v) is 4.49. The van der Waals surface area contributed by atoms with Gasteiger partial charge in [0.05, 0.1) is 17.2 Å². The second kappa shape index (κ2) is 8.17. The summed E-state index contributed by atoms with van der Waals surface area (Å²) in [5, 5.41) is 10.3. The first kappa shape index (κ1) is 18.7. The Kier molecular flexibility index (Phi) is 5.67. The Bertz CT molecular complexity index is 745. The van der Waals surface area contributed by atoms with E-state index in [4.69, 9.17) is 4.74 Å². The molecule has 4 rings (SSSR count). The van der Waals surface area contributed by atoms with E-state index < -0.39 is 0 Å². The quantitative estimate of drug-likeness (QED) is 0.724. The molecule has 0 N–H and O–H groups in total. The van der Waals surface area contributed by atoms with E-state index in [2.05, 4.69) is 16.0 Å². The molecule has 1 saturated carbocycles. The van der Waals surface area contributed by atoms with Crippen molar-refractivity contribution in [2.75, 3.05) is 45.6 Å². The third-order valence-electron chi connectivity index (χ3n) is 5.68. The molecule has 2 aliphatic heterocycles. The van der Waals surface area contributed by atoms with E-state index >= 15 is 0 Å². The predicted octanol–water partition coefficient (Wildman–Crippen LogP) is 2.49. The summed E-state index contributed by atoms with van der Waals surface area (Å²) < 4.78 is 5.73. The van der Waals surface area contributed by atoms with Crippen LogP contribution in [0.5, 0.6) is 0 Å². The highest BCUT2D eigenvalue weighted by atomic mass is 32.2. The molecule has 1 atom stereocenters. The maximum atomic E-state index is 13.2. The Morgan fingerprint density at radius 2 is 2.11 bits per heavy atom. The van der Waals surface area contributed by atoms with Gasteiger partial charge in [0.15, 0.2) is 0 Å². The van der Waals surface area contributed by atoms with E-state index in [9.17, 15) is 10.1 Å². The molecule has 7 heteroatoms. The summed E-state index contributed by atoms with van der Waals surface area (Å²) in [7, 11) is 0. The van der Waals surface area contributed by atoms with Crippen LogP contribution in [0.4, 0.5) is 0 Å². The molecule has 1 aliphatic carbocycles. The smallest absolute Gasteiger partial charge is 0.255 e. The van der Waals surface area contributed by atoms with E-state index in [1.165, 1.54) is 11.8 Å². The van der Waals surface area contributed by atoms with Gasteiger partial charge in [0.1, 0.15) is 11.1 Å². The van der Waals surface area contributed by atoms with Gasteiger partial charge in [-0.1, -0.05) is 0 Å². The Morgan fingerprint density at radius 3 is 2.70 bits per heavy atom. The van der Waals surface area contributed by atoms with Crippen LogP contribution < -0.4 is 0 Å². The van der Waals surface area contributed by atoms with Crippen molar-refractivity contribution in [2.24, 2.45) is 0 Å². The van der Waals surface area contributed by atoms with Crippen LogP contribution >= 0.6 is 11.8 Å². The number of nitriles is 1. The zero-order valence-electron chi connectivity index (χ0n) is 15.8. The van der Waals surface area contributed by atoms with Gasteiger partial charge in [0, 0.05) is 50.9 Å². The highest BCUT2D eigenvalue weighted by Gasteiger charge is 2.31. The molecule has 0 spiro atoms. The molecule has 3 aliphatic rings. The van der Waals surface area contributed by atoms with E-state index in [0.29, 0.717) is 41.3 Å². The number of aromatic nitrogens is 1. The Morgan fingerprint density at radius 1 is 1.33 bits per heavy atom. The van der Waals surface area contributed by atoms with Crippen LogP contribution in [0.2, 0.25) is 0 Å². The van der Waals surface area contributed by atoms with Crippen molar-refractivity contribution in [3.8, 4) is 6.07 Å². The number of nitrogens with zero attached hydrogens (tertiary/aromatic N) is 4. The molecule has 0 bridgehead atoms. The van der Waals surface area contributed by atoms with Crippen LogP contribution in [0.15, 0.2) is 11.1 Å². The third-order valence-corrected chi connectivity index (χ3v) is 6.36. The number of hydrogen-bond acceptors (Lipinski definition) is 6. The van der Waals surface area contributed by atoms with Crippen molar-refractivity contribution in [1.29, 1.82) is 5.26 Å². The molecular formula is C20H26N4O2S. The number of piperazine rings is 1. The molecule has 27 heavy (non-hydrogen) atoms. The van der Waals surface area contributed by atoms with Gasteiger partial charge in [0.25, 0.3) is 5.91 Å². The number of rotatable bonds is 5. The molecular weight excluding hydrogens is 360 g/mol. The number of hydrogen-bond donors (Lipinski definition) is 0. The van der Waals surface area contributed by atoms with Crippen molar-refractivity contribution in [3.63, 3.8) is 0 Å². The van der Waals surface area contributed by atoms with Gasteiger partial charge < -0.3 is 9.64 Å². The number of carbonyl (C=O) groups is 1. The fraction of sp³-hybridized carbons (Fsp3) is 0.650. The molecule has 1 aromatic heterocycles. The topological polar surface area (TPSA) is 69.5 Å². The molecule has 144 valence electrons. The van der Waals surface area contributed by atoms with Gasteiger partial charge in [-0.05, 0) is 38.0 Å². The molecule has 1 unspecified atom stereocenters. The van der Waals surface area contributed by atoms with Crippen molar-refractivity contribution in [2.45, 2.75) is 42.7 Å². The monoisotopic (exact) mass is 386 g/mol. The summed E-state index contributed by atoms with van der Waals surface area (Å²) in [4.78, 5) is 22.1. The second-order valence-corrected chi connectivity index (χ2v) is 8.39. The number of pyridine rings is 1. The summed E-state index contributed by atoms with van der Waals surface area (Å²) in [5.74, 6) is 0.432. The van der Waals surface area contributed by atoms with E-state index in [1.807, 2.05) is 17.2 Å². The summed E-state index contributed by atoms with van der Waals surface area (Å²) in [6.07, 6.45) is 6.82. The zero-order chi connectivity index (χ0) is 18.8. The minimum atomic E-state index is -0.0251. The van der Waals surface area contributed by atoms with Crippen LogP contribution in [-0.4, -0.2) is 72.4 Å². The Labute approximate surface area is 164 Å². The lowest BCUT2D eigenvalue weighted by molar-refractivity contribution is 0.0432. The average Bonchev–Trinajstić information content (AvgIpc) is 3.44. The molecule has 0 aromatic carbocycles. The van der Waals surface area contributed by atoms with Gasteiger partial charge in [-0.25, -0.2) is 4.98 Å². The van der Waals surface area contributed by atoms with Crippen molar-refractivity contribution in [3.05, 3.63) is 22.9 Å². The van der Waals surface area contributed by atoms with Crippen molar-refractivity contribution in [1.82, 2.24) is 14.8 Å². The van der Waals surface area contributed by atoms with E-state index in [-0.39, 0.29) is 5.91 Å². The van der Waals surface area contributed by atoms with Crippen LogP contribution in [0, 0.1) is 11.3 Å². The first-order valence-corrected chi connectivity index (χ1v) is 11.0. The maximum Gasteiger partial charge on any atom is 0.255 e. The maximum absolute atomic E-state index is 13.2. The van der Waals surface area contributed by atoms with Crippen molar-refractivity contribution < 1.29 is 9.53 Å². The van der Waals surface area contributed by atoms with Gasteiger partial charge in [-0.3, -0.25) is 9.69 Å². The number of amides is 1. The lowest BCUT2D eigenvalue weighted by Gasteiger charge is -2.36. The molecule has 3 fully saturated rings. The highest BCUT2D eigenvalue weighted by Crippen LogP contribution is 2.40. The largest absolute Gasteiger partial charge is 0.377 e. The highest BCUT2D eigenvalue weighted by molar-refractivity contribution is 7.98. The molecule has 0 radical (unpaired) electrons. The first-order valence-electron chi connectivity index (χ1n) is 9.82.